The van der Waals surface area contributed by atoms with E-state index in [1.54, 1.807) is 36.4 Å². The van der Waals surface area contributed by atoms with E-state index in [1.165, 1.54) is 12.1 Å². The molecule has 1 aliphatic heterocycles. The van der Waals surface area contributed by atoms with E-state index in [-0.39, 0.29) is 29.2 Å². The van der Waals surface area contributed by atoms with Crippen LogP contribution in [0.1, 0.15) is 42.2 Å². The normalized spacial score (nSPS) is 13.1. The molecule has 0 radical (unpaired) electrons. The molecule has 1 unspecified atom stereocenters. The van der Waals surface area contributed by atoms with Gasteiger partial charge in [0.15, 0.2) is 0 Å². The van der Waals surface area contributed by atoms with Crippen molar-refractivity contribution in [3.8, 4) is 5.75 Å². The predicted octanol–water partition coefficient (Wildman–Crippen LogP) is 5.06. The third kappa shape index (κ3) is 5.08. The van der Waals surface area contributed by atoms with Crippen LogP contribution in [0.3, 0.4) is 0 Å². The fourth-order valence-electron chi connectivity index (χ4n) is 4.31. The first-order valence-corrected chi connectivity index (χ1v) is 12.1. The number of hydrogen-bond acceptors (Lipinski definition) is 5. The minimum Gasteiger partial charge on any atom is -0.425 e. The van der Waals surface area contributed by atoms with E-state index < -0.39 is 23.8 Å². The summed E-state index contributed by atoms with van der Waals surface area (Å²) in [7, 11) is 0. The van der Waals surface area contributed by atoms with Gasteiger partial charge in [0.05, 0.1) is 11.1 Å². The van der Waals surface area contributed by atoms with Crippen LogP contribution in [0.2, 0.25) is 0 Å². The van der Waals surface area contributed by atoms with Crippen molar-refractivity contribution in [1.82, 2.24) is 4.90 Å². The molecule has 0 bridgehead atoms. The van der Waals surface area contributed by atoms with E-state index in [2.05, 4.69) is 5.32 Å². The summed E-state index contributed by atoms with van der Waals surface area (Å²) in [5, 5.41) is 2.82. The summed E-state index contributed by atoms with van der Waals surface area (Å²) in [6.07, 6.45) is 0.0994. The molecule has 0 fully saturated rings. The van der Waals surface area contributed by atoms with E-state index in [0.29, 0.717) is 11.3 Å². The van der Waals surface area contributed by atoms with Crippen LogP contribution >= 0.6 is 0 Å². The summed E-state index contributed by atoms with van der Waals surface area (Å²) in [4.78, 5) is 53.2. The van der Waals surface area contributed by atoms with Gasteiger partial charge in [-0.05, 0) is 61.0 Å². The first-order chi connectivity index (χ1) is 18.4. The Morgan fingerprint density at radius 3 is 1.95 bits per heavy atom. The molecule has 0 aliphatic carbocycles. The summed E-state index contributed by atoms with van der Waals surface area (Å²) in [6, 6.07) is 28.0. The van der Waals surface area contributed by atoms with Gasteiger partial charge < -0.3 is 10.1 Å². The minimum atomic E-state index is -1.17. The highest BCUT2D eigenvalue weighted by Gasteiger charge is 2.43. The Balaban J connectivity index is 1.34. The van der Waals surface area contributed by atoms with Crippen molar-refractivity contribution in [2.24, 2.45) is 0 Å². The fraction of sp³-hybridized carbons (Fsp3) is 0.0968. The van der Waals surface area contributed by atoms with Crippen LogP contribution in [0.15, 0.2) is 103 Å². The molecule has 38 heavy (non-hydrogen) atoms. The molecule has 0 saturated heterocycles. The number of aryl methyl sites for hydroxylation is 1. The second-order valence-corrected chi connectivity index (χ2v) is 9.00. The molecule has 1 atom stereocenters. The molecular weight excluding hydrogens is 480 g/mol. The van der Waals surface area contributed by atoms with Crippen LogP contribution in [0.25, 0.3) is 0 Å². The second kappa shape index (κ2) is 10.5. The summed E-state index contributed by atoms with van der Waals surface area (Å²) < 4.78 is 5.61. The van der Waals surface area contributed by atoms with E-state index in [0.717, 1.165) is 16.0 Å². The number of esters is 1. The van der Waals surface area contributed by atoms with Crippen molar-refractivity contribution in [3.05, 3.63) is 131 Å². The number of ether oxygens (including phenoxy) is 1. The molecule has 3 amide bonds. The third-order valence-electron chi connectivity index (χ3n) is 6.33. The van der Waals surface area contributed by atoms with E-state index >= 15 is 0 Å². The number of rotatable bonds is 7. The maximum Gasteiger partial charge on any atom is 0.335 e. The zero-order chi connectivity index (χ0) is 26.6. The molecule has 0 saturated carbocycles. The van der Waals surface area contributed by atoms with Gasteiger partial charge in [0.2, 0.25) is 0 Å². The topological polar surface area (TPSA) is 92.8 Å². The number of carbonyl (C=O) groups is 4. The SMILES string of the molecule is Cc1ccc(NC(=O)c2ccc(OC(=O)C(Cc3ccccc3)N3C(=O)c4ccccc4C3=O)cc2)cc1. The molecule has 188 valence electrons. The van der Waals surface area contributed by atoms with Gasteiger partial charge in [0.1, 0.15) is 11.8 Å². The average Bonchev–Trinajstić information content (AvgIpc) is 3.19. The zero-order valence-corrected chi connectivity index (χ0v) is 20.6. The summed E-state index contributed by atoms with van der Waals surface area (Å²) in [5.74, 6) is -1.94. The van der Waals surface area contributed by atoms with Gasteiger partial charge in [-0.2, -0.15) is 0 Å². The molecule has 7 nitrogen and oxygen atoms in total. The molecule has 1 aliphatic rings. The number of fused-ring (bicyclic) bond motifs is 1. The Kier molecular flexibility index (Phi) is 6.82. The van der Waals surface area contributed by atoms with Gasteiger partial charge in [-0.15, -0.1) is 0 Å². The van der Waals surface area contributed by atoms with Crippen LogP contribution in [0, 0.1) is 6.92 Å². The van der Waals surface area contributed by atoms with Gasteiger partial charge >= 0.3 is 5.97 Å². The molecule has 0 spiro atoms. The van der Waals surface area contributed by atoms with Gasteiger partial charge in [-0.25, -0.2) is 4.79 Å². The number of amides is 3. The lowest BCUT2D eigenvalue weighted by molar-refractivity contribution is -0.138. The quantitative estimate of drug-likeness (QED) is 0.216. The number of hydrogen-bond donors (Lipinski definition) is 1. The number of nitrogens with one attached hydrogen (secondary N) is 1. The smallest absolute Gasteiger partial charge is 0.335 e. The number of benzene rings is 4. The standard InChI is InChI=1S/C31H24N2O5/c1-20-11-15-23(16-12-20)32-28(34)22-13-17-24(18-14-22)38-31(37)27(19-21-7-3-2-4-8-21)33-29(35)25-9-5-6-10-26(25)30(33)36/h2-18,27H,19H2,1H3,(H,32,34). The van der Waals surface area contributed by atoms with Gasteiger partial charge in [-0.1, -0.05) is 60.2 Å². The Bertz CT molecular complexity index is 1480. The molecule has 1 N–H and O–H groups in total. The van der Waals surface area contributed by atoms with Crippen molar-refractivity contribution < 1.29 is 23.9 Å². The van der Waals surface area contributed by atoms with Gasteiger partial charge in [-0.3, -0.25) is 19.3 Å². The zero-order valence-electron chi connectivity index (χ0n) is 20.6. The van der Waals surface area contributed by atoms with Crippen LogP contribution in [0.4, 0.5) is 5.69 Å². The lowest BCUT2D eigenvalue weighted by Crippen LogP contribution is -2.48. The van der Waals surface area contributed by atoms with E-state index in [9.17, 15) is 19.2 Å². The third-order valence-corrected chi connectivity index (χ3v) is 6.33. The first-order valence-electron chi connectivity index (χ1n) is 12.1. The van der Waals surface area contributed by atoms with Crippen LogP contribution in [-0.2, 0) is 11.2 Å². The minimum absolute atomic E-state index is 0.0994. The van der Waals surface area contributed by atoms with Crippen molar-refractivity contribution in [2.75, 3.05) is 5.32 Å². The lowest BCUT2D eigenvalue weighted by Gasteiger charge is -2.24. The largest absolute Gasteiger partial charge is 0.425 e. The molecule has 7 heteroatoms. The highest BCUT2D eigenvalue weighted by Crippen LogP contribution is 2.27. The highest BCUT2D eigenvalue weighted by molar-refractivity contribution is 6.22. The highest BCUT2D eigenvalue weighted by atomic mass is 16.5. The number of anilines is 1. The van der Waals surface area contributed by atoms with E-state index in [1.807, 2.05) is 61.5 Å². The van der Waals surface area contributed by atoms with Gasteiger partial charge in [0.25, 0.3) is 17.7 Å². The predicted molar refractivity (Wildman–Crippen MR) is 142 cm³/mol. The molecular formula is C31H24N2O5. The lowest BCUT2D eigenvalue weighted by atomic mass is 10.0. The van der Waals surface area contributed by atoms with Gasteiger partial charge in [0, 0.05) is 17.7 Å². The van der Waals surface area contributed by atoms with Crippen molar-refractivity contribution in [1.29, 1.82) is 0 Å². The Hall–Kier alpha value is -5.04. The van der Waals surface area contributed by atoms with Crippen molar-refractivity contribution in [3.63, 3.8) is 0 Å². The summed E-state index contributed by atoms with van der Waals surface area (Å²) in [5.41, 5.74) is 3.42. The van der Waals surface area contributed by atoms with Crippen molar-refractivity contribution in [2.45, 2.75) is 19.4 Å². The van der Waals surface area contributed by atoms with Crippen molar-refractivity contribution >= 4 is 29.4 Å². The molecule has 5 rings (SSSR count). The Morgan fingerprint density at radius 1 is 0.763 bits per heavy atom. The summed E-state index contributed by atoms with van der Waals surface area (Å²) in [6.45, 7) is 1.96. The number of carbonyl (C=O) groups excluding carboxylic acids is 4. The Labute approximate surface area is 219 Å². The molecule has 1 heterocycles. The number of nitrogens with zero attached hydrogens (tertiary/aromatic N) is 1. The monoisotopic (exact) mass is 504 g/mol. The molecule has 0 aromatic heterocycles. The average molecular weight is 505 g/mol. The maximum absolute atomic E-state index is 13.4. The van der Waals surface area contributed by atoms with Crippen LogP contribution in [0.5, 0.6) is 5.75 Å². The van der Waals surface area contributed by atoms with E-state index in [4.69, 9.17) is 4.74 Å². The molecule has 4 aromatic rings. The van der Waals surface area contributed by atoms with Crippen LogP contribution < -0.4 is 10.1 Å². The van der Waals surface area contributed by atoms with Crippen LogP contribution in [-0.4, -0.2) is 34.6 Å². The number of imide groups is 1. The Morgan fingerprint density at radius 2 is 1.34 bits per heavy atom. The fourth-order valence-corrected chi connectivity index (χ4v) is 4.31. The molecule has 4 aromatic carbocycles. The summed E-state index contributed by atoms with van der Waals surface area (Å²) >= 11 is 0. The second-order valence-electron chi connectivity index (χ2n) is 9.00. The maximum atomic E-state index is 13.4. The first kappa shape index (κ1) is 24.6.